The van der Waals surface area contributed by atoms with Crippen molar-refractivity contribution < 1.29 is 29.0 Å². The molecule has 0 bridgehead atoms. The van der Waals surface area contributed by atoms with Gasteiger partial charge in [0.2, 0.25) is 11.8 Å². The molecule has 0 aromatic heterocycles. The molecule has 1 saturated heterocycles. The topological polar surface area (TPSA) is 112 Å². The maximum absolute atomic E-state index is 13.8. The highest BCUT2D eigenvalue weighted by Gasteiger charge is 2.48. The largest absolute Gasteiger partial charge is 0.490 e. The molecule has 10 heteroatoms. The second kappa shape index (κ2) is 11.6. The first-order valence-electron chi connectivity index (χ1n) is 14.2. The molecular formula is C30H41N3O6Si. The number of anilines is 1. The summed E-state index contributed by atoms with van der Waals surface area (Å²) >= 11 is 0. The molecule has 5 rings (SSSR count). The van der Waals surface area contributed by atoms with E-state index in [-0.39, 0.29) is 42.9 Å². The molecule has 3 N–H and O–H groups in total. The van der Waals surface area contributed by atoms with Gasteiger partial charge in [-0.15, -0.1) is 0 Å². The Morgan fingerprint density at radius 2 is 1.98 bits per heavy atom. The highest BCUT2D eigenvalue weighted by Crippen LogP contribution is 2.48. The van der Waals surface area contributed by atoms with E-state index in [1.807, 2.05) is 56.4 Å². The van der Waals surface area contributed by atoms with Crippen molar-refractivity contribution >= 4 is 25.8 Å². The van der Waals surface area contributed by atoms with Gasteiger partial charge in [0.15, 0.2) is 8.32 Å². The van der Waals surface area contributed by atoms with Gasteiger partial charge in [-0.25, -0.2) is 0 Å². The van der Waals surface area contributed by atoms with Crippen molar-refractivity contribution in [2.75, 3.05) is 38.3 Å². The molecule has 2 aromatic carbocycles. The number of methoxy groups -OCH3 is 1. The number of ether oxygens (including phenoxy) is 2. The Labute approximate surface area is 237 Å². The second-order valence-corrected chi connectivity index (χ2v) is 15.9. The van der Waals surface area contributed by atoms with E-state index in [4.69, 9.17) is 9.47 Å². The van der Waals surface area contributed by atoms with E-state index in [1.54, 1.807) is 16.9 Å². The summed E-state index contributed by atoms with van der Waals surface area (Å²) in [4.78, 5) is 41.3. The van der Waals surface area contributed by atoms with Crippen LogP contribution in [0.5, 0.6) is 5.75 Å². The molecule has 0 saturated carbocycles. The van der Waals surface area contributed by atoms with Gasteiger partial charge in [0.05, 0.1) is 25.3 Å². The maximum atomic E-state index is 13.8. The fourth-order valence-corrected chi connectivity index (χ4v) is 8.38. The number of fused-ring (bicyclic) bond motifs is 2. The van der Waals surface area contributed by atoms with Crippen molar-refractivity contribution in [1.29, 1.82) is 0 Å². The van der Waals surface area contributed by atoms with Crippen LogP contribution < -0.4 is 15.0 Å². The van der Waals surface area contributed by atoms with E-state index in [0.717, 1.165) is 28.9 Å². The third-order valence-corrected chi connectivity index (χ3v) is 11.1. The molecule has 1 fully saturated rings. The molecule has 216 valence electrons. The lowest BCUT2D eigenvalue weighted by Crippen LogP contribution is -2.52. The minimum atomic E-state index is -2.91. The van der Waals surface area contributed by atoms with Gasteiger partial charge in [-0.3, -0.25) is 9.59 Å². The maximum Gasteiger partial charge on any atom is 0.240 e. The van der Waals surface area contributed by atoms with Crippen LogP contribution in [0.1, 0.15) is 36.1 Å². The average molecular weight is 568 g/mol. The summed E-state index contributed by atoms with van der Waals surface area (Å²) in [6.07, 6.45) is -0.0315. The Hall–Kier alpha value is -2.76. The van der Waals surface area contributed by atoms with Gasteiger partial charge in [0.1, 0.15) is 11.9 Å². The van der Waals surface area contributed by atoms with E-state index < -0.39 is 20.0 Å². The zero-order valence-electron chi connectivity index (χ0n) is 23.8. The van der Waals surface area contributed by atoms with Crippen LogP contribution >= 0.6 is 0 Å². The molecule has 2 aromatic rings. The van der Waals surface area contributed by atoms with Crippen LogP contribution in [-0.4, -0.2) is 80.4 Å². The molecule has 3 aliphatic heterocycles. The number of benzene rings is 2. The zero-order valence-corrected chi connectivity index (χ0v) is 24.8. The number of rotatable bonds is 7. The molecule has 1 unspecified atom stereocenters. The molecule has 9 nitrogen and oxygen atoms in total. The normalized spacial score (nSPS) is 25.6. The lowest BCUT2D eigenvalue weighted by atomic mass is 9.86. The number of hydrogen-bond acceptors (Lipinski definition) is 7. The average Bonchev–Trinajstić information content (AvgIpc) is 2.94. The van der Waals surface area contributed by atoms with E-state index in [1.165, 1.54) is 0 Å². The number of carbonyl (C=O) groups excluding carboxylic acids is 2. The van der Waals surface area contributed by atoms with Crippen molar-refractivity contribution in [2.45, 2.75) is 63.2 Å². The fourth-order valence-electron chi connectivity index (χ4n) is 6.53. The molecular weight excluding hydrogens is 526 g/mol. The van der Waals surface area contributed by atoms with E-state index in [0.29, 0.717) is 31.8 Å². The van der Waals surface area contributed by atoms with Crippen LogP contribution in [0.3, 0.4) is 0 Å². The third-order valence-electron chi connectivity index (χ3n) is 8.80. The Balaban J connectivity index is 1.41. The molecule has 0 aliphatic carbocycles. The SMILES string of the molecule is CO[C@@H]1c2cc(N3CCNCC3=O)ccc2O[C@H](C(CC(=O)N2Cc3ccccc3C[C@H]2CO)[Si](C)(C)O)[C@H]1C. The van der Waals surface area contributed by atoms with Crippen LogP contribution in [0.4, 0.5) is 5.69 Å². The first kappa shape index (κ1) is 28.8. The first-order valence-corrected chi connectivity index (χ1v) is 17.2. The molecule has 2 amide bonds. The predicted molar refractivity (Wildman–Crippen MR) is 155 cm³/mol. The summed E-state index contributed by atoms with van der Waals surface area (Å²) in [5.74, 6) is 0.434. The van der Waals surface area contributed by atoms with E-state index >= 15 is 0 Å². The number of nitrogens with zero attached hydrogens (tertiary/aromatic N) is 2. The summed E-state index contributed by atoms with van der Waals surface area (Å²) in [6.45, 7) is 7.71. The van der Waals surface area contributed by atoms with Crippen LogP contribution in [0.15, 0.2) is 42.5 Å². The van der Waals surface area contributed by atoms with Crippen molar-refractivity contribution in [3.63, 3.8) is 0 Å². The van der Waals surface area contributed by atoms with Gasteiger partial charge in [0.25, 0.3) is 0 Å². The lowest BCUT2D eigenvalue weighted by molar-refractivity contribution is -0.136. The molecule has 3 heterocycles. The van der Waals surface area contributed by atoms with E-state index in [9.17, 15) is 19.5 Å². The Morgan fingerprint density at radius 3 is 2.65 bits per heavy atom. The van der Waals surface area contributed by atoms with Crippen LogP contribution in [0.2, 0.25) is 18.6 Å². The number of amides is 2. The molecule has 0 spiro atoms. The predicted octanol–water partition coefficient (Wildman–Crippen LogP) is 2.61. The summed E-state index contributed by atoms with van der Waals surface area (Å²) < 4.78 is 12.6. The zero-order chi connectivity index (χ0) is 28.6. The smallest absolute Gasteiger partial charge is 0.240 e. The number of aliphatic hydroxyl groups is 1. The quantitative estimate of drug-likeness (QED) is 0.441. The highest BCUT2D eigenvalue weighted by atomic mass is 28.4. The summed E-state index contributed by atoms with van der Waals surface area (Å²) in [5.41, 5.74) is 3.53. The van der Waals surface area contributed by atoms with Gasteiger partial charge < -0.3 is 34.5 Å². The van der Waals surface area contributed by atoms with Crippen molar-refractivity contribution in [3.8, 4) is 5.75 Å². The second-order valence-electron chi connectivity index (χ2n) is 11.8. The van der Waals surface area contributed by atoms with Crippen LogP contribution in [0.25, 0.3) is 0 Å². The molecule has 3 aliphatic rings. The number of hydrogen-bond donors (Lipinski definition) is 3. The van der Waals surface area contributed by atoms with Crippen molar-refractivity contribution in [2.24, 2.45) is 5.92 Å². The summed E-state index contributed by atoms with van der Waals surface area (Å²) in [7, 11) is -1.25. The highest BCUT2D eigenvalue weighted by molar-refractivity contribution is 6.71. The lowest BCUT2D eigenvalue weighted by Gasteiger charge is -2.45. The number of carbonyl (C=O) groups is 2. The van der Waals surface area contributed by atoms with E-state index in [2.05, 4.69) is 11.4 Å². The molecule has 5 atom stereocenters. The number of piperazine rings is 1. The summed E-state index contributed by atoms with van der Waals surface area (Å²) in [5, 5.41) is 13.2. The van der Waals surface area contributed by atoms with Gasteiger partial charge >= 0.3 is 0 Å². The monoisotopic (exact) mass is 567 g/mol. The standard InChI is InChI=1S/C30H41N3O6Si/c1-19-29(38-2)24-14-22(32-12-11-31-16-28(32)36)9-10-25(24)39-30(19)26(40(3,4)37)15-27(35)33-17-21-8-6-5-7-20(21)13-23(33)18-34/h5-10,14,19,23,26,29-31,34,37H,11-13,15-18H2,1-4H3/t19-,23-,26?,29-,30-/m0/s1. The Morgan fingerprint density at radius 1 is 1.23 bits per heavy atom. The van der Waals surface area contributed by atoms with Gasteiger partial charge in [0, 0.05) is 55.9 Å². The van der Waals surface area contributed by atoms with Crippen LogP contribution in [-0.2, 0) is 27.3 Å². The van der Waals surface area contributed by atoms with Gasteiger partial charge in [-0.1, -0.05) is 31.2 Å². The summed E-state index contributed by atoms with van der Waals surface area (Å²) in [6, 6.07) is 13.5. The number of nitrogens with one attached hydrogen (secondary N) is 1. The van der Waals surface area contributed by atoms with Crippen molar-refractivity contribution in [1.82, 2.24) is 10.2 Å². The van der Waals surface area contributed by atoms with Crippen LogP contribution in [0, 0.1) is 5.92 Å². The minimum Gasteiger partial charge on any atom is -0.490 e. The van der Waals surface area contributed by atoms with Gasteiger partial charge in [-0.05, 0) is 48.8 Å². The number of aliphatic hydroxyl groups excluding tert-OH is 1. The fraction of sp³-hybridized carbons (Fsp3) is 0.533. The molecule has 0 radical (unpaired) electrons. The van der Waals surface area contributed by atoms with Crippen molar-refractivity contribution in [3.05, 3.63) is 59.2 Å². The Kier molecular flexibility index (Phi) is 8.35. The minimum absolute atomic E-state index is 0.0240. The third kappa shape index (κ3) is 5.55. The first-order chi connectivity index (χ1) is 19.1. The Bertz CT molecular complexity index is 1250. The van der Waals surface area contributed by atoms with Gasteiger partial charge in [-0.2, -0.15) is 0 Å². The molecule has 40 heavy (non-hydrogen) atoms.